The molecule has 0 aliphatic carbocycles. The first-order valence-electron chi connectivity index (χ1n) is 7.94. The fraction of sp³-hybridized carbons (Fsp3) is 0.389. The summed E-state index contributed by atoms with van der Waals surface area (Å²) >= 11 is 0. The van der Waals surface area contributed by atoms with Gasteiger partial charge in [-0.2, -0.15) is 0 Å². The summed E-state index contributed by atoms with van der Waals surface area (Å²) in [4.78, 5) is 25.0. The predicted molar refractivity (Wildman–Crippen MR) is 90.6 cm³/mol. The lowest BCUT2D eigenvalue weighted by atomic mass is 10.1. The van der Waals surface area contributed by atoms with E-state index in [9.17, 15) is 4.79 Å². The average Bonchev–Trinajstić information content (AvgIpc) is 2.98. The number of methoxy groups -OCH3 is 1. The molecular weight excluding hydrogens is 304 g/mol. The highest BCUT2D eigenvalue weighted by Gasteiger charge is 2.25. The van der Waals surface area contributed by atoms with Gasteiger partial charge in [0.05, 0.1) is 25.9 Å². The summed E-state index contributed by atoms with van der Waals surface area (Å²) in [6.45, 7) is 1.59. The Bertz CT molecular complexity index is 728. The third kappa shape index (κ3) is 3.71. The van der Waals surface area contributed by atoms with Gasteiger partial charge in [-0.15, -0.1) is 0 Å². The molecule has 1 amide bonds. The van der Waals surface area contributed by atoms with E-state index in [1.807, 2.05) is 54.4 Å². The van der Waals surface area contributed by atoms with Crippen molar-refractivity contribution in [1.29, 1.82) is 0 Å². The topological polar surface area (TPSA) is 58.6 Å². The highest BCUT2D eigenvalue weighted by atomic mass is 16.5. The van der Waals surface area contributed by atoms with Gasteiger partial charge in [-0.3, -0.25) is 4.79 Å². The van der Waals surface area contributed by atoms with Crippen molar-refractivity contribution in [3.05, 3.63) is 53.1 Å². The summed E-state index contributed by atoms with van der Waals surface area (Å²) in [7, 11) is 5.45. The third-order valence-electron chi connectivity index (χ3n) is 4.03. The first kappa shape index (κ1) is 16.4. The Morgan fingerprint density at radius 1 is 1.25 bits per heavy atom. The molecule has 1 aromatic heterocycles. The van der Waals surface area contributed by atoms with Crippen molar-refractivity contribution in [3.63, 3.8) is 0 Å². The molecule has 24 heavy (non-hydrogen) atoms. The molecule has 0 unspecified atom stereocenters. The lowest BCUT2D eigenvalue weighted by molar-refractivity contribution is -0.132. The predicted octanol–water partition coefficient (Wildman–Crippen LogP) is 1.48. The average molecular weight is 326 g/mol. The van der Waals surface area contributed by atoms with E-state index < -0.39 is 0 Å². The summed E-state index contributed by atoms with van der Waals surface area (Å²) in [5.74, 6) is 1.74. The van der Waals surface area contributed by atoms with Crippen LogP contribution in [0.3, 0.4) is 0 Å². The highest BCUT2D eigenvalue weighted by molar-refractivity contribution is 5.78. The summed E-state index contributed by atoms with van der Waals surface area (Å²) in [5.41, 5.74) is 3.13. The minimum Gasteiger partial charge on any atom is -0.497 e. The molecular formula is C18H22N4O2. The maximum absolute atomic E-state index is 12.2. The summed E-state index contributed by atoms with van der Waals surface area (Å²) in [6.07, 6.45) is 2.52. The van der Waals surface area contributed by atoms with Crippen LogP contribution in [0.1, 0.15) is 22.6 Å². The van der Waals surface area contributed by atoms with Gasteiger partial charge < -0.3 is 14.5 Å². The standard InChI is InChI=1S/C18H22N4O2/c1-21(2)12-18(23)22-10-14-9-19-17(20-16(14)11-22)8-13-4-6-15(24-3)7-5-13/h4-7,9H,8,10-12H2,1-3H3. The van der Waals surface area contributed by atoms with Crippen LogP contribution in [0, 0.1) is 0 Å². The number of carbonyl (C=O) groups excluding carboxylic acids is 1. The zero-order valence-electron chi connectivity index (χ0n) is 14.3. The van der Waals surface area contributed by atoms with Gasteiger partial charge in [0.2, 0.25) is 5.91 Å². The Balaban J connectivity index is 1.68. The van der Waals surface area contributed by atoms with E-state index in [4.69, 9.17) is 4.74 Å². The molecule has 0 N–H and O–H groups in total. The van der Waals surface area contributed by atoms with Crippen LogP contribution in [-0.4, -0.2) is 53.4 Å². The van der Waals surface area contributed by atoms with Crippen LogP contribution in [0.5, 0.6) is 5.75 Å². The number of aromatic nitrogens is 2. The van der Waals surface area contributed by atoms with Crippen molar-refractivity contribution in [2.24, 2.45) is 0 Å². The maximum Gasteiger partial charge on any atom is 0.237 e. The second-order valence-corrected chi connectivity index (χ2v) is 6.27. The van der Waals surface area contributed by atoms with E-state index >= 15 is 0 Å². The van der Waals surface area contributed by atoms with E-state index in [1.165, 1.54) is 0 Å². The van der Waals surface area contributed by atoms with Crippen LogP contribution in [-0.2, 0) is 24.3 Å². The quantitative estimate of drug-likeness (QED) is 0.833. The maximum atomic E-state index is 12.2. The van der Waals surface area contributed by atoms with Crippen LogP contribution < -0.4 is 4.74 Å². The molecule has 0 fully saturated rings. The van der Waals surface area contributed by atoms with Crippen LogP contribution >= 0.6 is 0 Å². The van der Waals surface area contributed by atoms with E-state index in [-0.39, 0.29) is 5.91 Å². The van der Waals surface area contributed by atoms with E-state index in [2.05, 4.69) is 9.97 Å². The number of benzene rings is 1. The summed E-state index contributed by atoms with van der Waals surface area (Å²) in [5, 5.41) is 0. The molecule has 0 spiro atoms. The Hall–Kier alpha value is -2.47. The summed E-state index contributed by atoms with van der Waals surface area (Å²) in [6, 6.07) is 7.90. The largest absolute Gasteiger partial charge is 0.497 e. The Morgan fingerprint density at radius 2 is 2.00 bits per heavy atom. The first-order chi connectivity index (χ1) is 11.5. The van der Waals surface area contributed by atoms with E-state index in [1.54, 1.807) is 7.11 Å². The zero-order valence-corrected chi connectivity index (χ0v) is 14.3. The molecule has 6 nitrogen and oxygen atoms in total. The van der Waals surface area contributed by atoms with Gasteiger partial charge in [0.15, 0.2) is 0 Å². The third-order valence-corrected chi connectivity index (χ3v) is 4.03. The van der Waals surface area contributed by atoms with Gasteiger partial charge in [0.25, 0.3) is 0 Å². The van der Waals surface area contributed by atoms with Crippen molar-refractivity contribution in [2.45, 2.75) is 19.5 Å². The number of likely N-dealkylation sites (N-methyl/N-ethyl adjacent to an activating group) is 1. The normalized spacial score (nSPS) is 13.2. The van der Waals surface area contributed by atoms with Crippen molar-refractivity contribution in [2.75, 3.05) is 27.7 Å². The zero-order chi connectivity index (χ0) is 17.1. The highest BCUT2D eigenvalue weighted by Crippen LogP contribution is 2.21. The second kappa shape index (κ2) is 6.97. The minimum absolute atomic E-state index is 0.120. The summed E-state index contributed by atoms with van der Waals surface area (Å²) < 4.78 is 5.17. The van der Waals surface area contributed by atoms with Crippen molar-refractivity contribution in [3.8, 4) is 5.75 Å². The van der Waals surface area contributed by atoms with E-state index in [0.29, 0.717) is 26.1 Å². The van der Waals surface area contributed by atoms with Crippen LogP contribution in [0.25, 0.3) is 0 Å². The molecule has 1 aliphatic rings. The molecule has 0 bridgehead atoms. The molecule has 1 aliphatic heterocycles. The van der Waals surface area contributed by atoms with Crippen molar-refractivity contribution in [1.82, 2.24) is 19.8 Å². The number of ether oxygens (including phenoxy) is 1. The fourth-order valence-corrected chi connectivity index (χ4v) is 2.75. The Labute approximate surface area is 142 Å². The monoisotopic (exact) mass is 326 g/mol. The van der Waals surface area contributed by atoms with Gasteiger partial charge in [-0.25, -0.2) is 9.97 Å². The van der Waals surface area contributed by atoms with Crippen LogP contribution in [0.2, 0.25) is 0 Å². The van der Waals surface area contributed by atoms with Gasteiger partial charge in [0, 0.05) is 24.7 Å². The van der Waals surface area contributed by atoms with Gasteiger partial charge in [-0.05, 0) is 31.8 Å². The van der Waals surface area contributed by atoms with Gasteiger partial charge >= 0.3 is 0 Å². The Kier molecular flexibility index (Phi) is 4.76. The molecule has 0 saturated heterocycles. The molecule has 126 valence electrons. The number of hydrogen-bond donors (Lipinski definition) is 0. The smallest absolute Gasteiger partial charge is 0.237 e. The van der Waals surface area contributed by atoms with Crippen molar-refractivity contribution >= 4 is 5.91 Å². The lowest BCUT2D eigenvalue weighted by Crippen LogP contribution is -2.34. The Morgan fingerprint density at radius 3 is 2.67 bits per heavy atom. The fourth-order valence-electron chi connectivity index (χ4n) is 2.75. The number of carbonyl (C=O) groups is 1. The number of nitrogens with zero attached hydrogens (tertiary/aromatic N) is 4. The first-order valence-corrected chi connectivity index (χ1v) is 7.94. The second-order valence-electron chi connectivity index (χ2n) is 6.27. The molecule has 6 heteroatoms. The molecule has 0 radical (unpaired) electrons. The number of amides is 1. The lowest BCUT2D eigenvalue weighted by Gasteiger charge is -2.17. The minimum atomic E-state index is 0.120. The van der Waals surface area contributed by atoms with Crippen LogP contribution in [0.4, 0.5) is 0 Å². The number of hydrogen-bond acceptors (Lipinski definition) is 5. The van der Waals surface area contributed by atoms with Gasteiger partial charge in [0.1, 0.15) is 11.6 Å². The van der Waals surface area contributed by atoms with Crippen LogP contribution in [0.15, 0.2) is 30.5 Å². The number of rotatable bonds is 5. The molecule has 2 heterocycles. The number of fused-ring (bicyclic) bond motifs is 1. The van der Waals surface area contributed by atoms with Gasteiger partial charge in [-0.1, -0.05) is 12.1 Å². The molecule has 0 saturated carbocycles. The molecule has 0 atom stereocenters. The molecule has 1 aromatic carbocycles. The van der Waals surface area contributed by atoms with E-state index in [0.717, 1.165) is 28.4 Å². The molecule has 3 rings (SSSR count). The van der Waals surface area contributed by atoms with Crippen molar-refractivity contribution < 1.29 is 9.53 Å². The SMILES string of the molecule is COc1ccc(Cc2ncc3c(n2)CN(C(=O)CN(C)C)C3)cc1. The molecule has 2 aromatic rings.